The van der Waals surface area contributed by atoms with Gasteiger partial charge in [-0.25, -0.2) is 0 Å². The van der Waals surface area contributed by atoms with Gasteiger partial charge in [-0.3, -0.25) is 0 Å². The minimum absolute atomic E-state index is 0.647. The van der Waals surface area contributed by atoms with Crippen molar-refractivity contribution >= 4 is 27.1 Å². The molecule has 5 heteroatoms. The van der Waals surface area contributed by atoms with Crippen molar-refractivity contribution in [3.05, 3.63) is 0 Å². The molecule has 214 valence electrons. The van der Waals surface area contributed by atoms with E-state index in [0.717, 1.165) is 54.3 Å². The molecule has 0 spiro atoms. The van der Waals surface area contributed by atoms with Crippen molar-refractivity contribution in [2.24, 2.45) is 35.5 Å². The third kappa shape index (κ3) is 17.9. The maximum atomic E-state index is 11.1. The molecule has 0 amide bonds. The first-order chi connectivity index (χ1) is 16.2. The van der Waals surface area contributed by atoms with Gasteiger partial charge in [0, 0.05) is 0 Å². The van der Waals surface area contributed by atoms with E-state index in [4.69, 9.17) is 11.8 Å². The molecule has 0 heterocycles. The van der Waals surface area contributed by atoms with Crippen LogP contribution in [0, 0.1) is 35.5 Å². The Balaban J connectivity index is 5.26. The van der Waals surface area contributed by atoms with Gasteiger partial charge in [-0.2, -0.15) is 9.65 Å². The van der Waals surface area contributed by atoms with Gasteiger partial charge >= 0.3 is 0 Å². The zero-order valence-corrected chi connectivity index (χ0v) is 27.8. The molecule has 0 bridgehead atoms. The van der Waals surface area contributed by atoms with Crippen LogP contribution in [0.1, 0.15) is 139 Å². The lowest BCUT2D eigenvalue weighted by molar-refractivity contribution is 0.443. The van der Waals surface area contributed by atoms with E-state index in [9.17, 15) is 9.79 Å². The predicted octanol–water partition coefficient (Wildman–Crippen LogP) is 10.6. The Labute approximate surface area is 228 Å². The highest BCUT2D eigenvalue weighted by molar-refractivity contribution is 8.85. The Morgan fingerprint density at radius 3 is 0.943 bits per heavy atom. The molecule has 2 nitrogen and oxygen atoms in total. The van der Waals surface area contributed by atoms with Crippen LogP contribution in [-0.4, -0.2) is 27.0 Å². The summed E-state index contributed by atoms with van der Waals surface area (Å²) in [7, 11) is -1.58. The molecule has 0 saturated carbocycles. The number of hydrogen-bond donors (Lipinski definition) is 2. The van der Waals surface area contributed by atoms with E-state index in [0.29, 0.717) is 17.8 Å². The summed E-state index contributed by atoms with van der Waals surface area (Å²) in [6.07, 6.45) is 14.8. The summed E-state index contributed by atoms with van der Waals surface area (Å²) in [6.45, 7) is 20.9. The highest BCUT2D eigenvalue weighted by Gasteiger charge is 2.37. The molecule has 0 radical (unpaired) electrons. The quantitative estimate of drug-likeness (QED) is 0.131. The lowest BCUT2D eigenvalue weighted by Gasteiger charge is -2.45. The fourth-order valence-corrected chi connectivity index (χ4v) is 13.9. The van der Waals surface area contributed by atoms with E-state index in [-0.39, 0.29) is 0 Å². The van der Waals surface area contributed by atoms with Gasteiger partial charge in [0.2, 0.25) is 5.69 Å². The Morgan fingerprint density at radius 1 is 0.486 bits per heavy atom. The van der Waals surface area contributed by atoms with Crippen LogP contribution in [0.15, 0.2) is 0 Å². The predicted molar refractivity (Wildman–Crippen MR) is 168 cm³/mol. The van der Waals surface area contributed by atoms with E-state index < -0.39 is 15.3 Å². The van der Waals surface area contributed by atoms with Crippen molar-refractivity contribution in [3.8, 4) is 0 Å². The van der Waals surface area contributed by atoms with Crippen LogP contribution >= 0.6 is 15.3 Å². The van der Waals surface area contributed by atoms with Crippen molar-refractivity contribution in [2.75, 3.05) is 17.3 Å². The molecular formula is C30H65O2PS2. The van der Waals surface area contributed by atoms with Crippen LogP contribution in [0.5, 0.6) is 0 Å². The summed E-state index contributed by atoms with van der Waals surface area (Å²) in [6, 6.07) is 0. The second-order valence-corrected chi connectivity index (χ2v) is 23.5. The van der Waals surface area contributed by atoms with Crippen molar-refractivity contribution in [1.29, 1.82) is 0 Å². The van der Waals surface area contributed by atoms with Crippen molar-refractivity contribution in [3.63, 3.8) is 0 Å². The first-order valence-corrected chi connectivity index (χ1v) is 20.5. The average Bonchev–Trinajstić information content (AvgIpc) is 2.71. The largest absolute Gasteiger partial charge is 0.339 e. The van der Waals surface area contributed by atoms with Crippen molar-refractivity contribution in [2.45, 2.75) is 139 Å². The van der Waals surface area contributed by atoms with E-state index in [1.807, 2.05) is 0 Å². The molecule has 3 unspecified atom stereocenters. The Kier molecular flexibility index (Phi) is 19.6. The molecule has 0 aromatic carbocycles. The minimum Gasteiger partial charge on any atom is -0.339 e. The Bertz CT molecular complexity index is 499. The molecule has 0 aliphatic heterocycles. The summed E-state index contributed by atoms with van der Waals surface area (Å²) in [5.74, 6) is 7.15. The second kappa shape index (κ2) is 19.1. The van der Waals surface area contributed by atoms with Crippen LogP contribution in [0.4, 0.5) is 0 Å². The Morgan fingerprint density at radius 2 is 0.743 bits per heavy atom. The van der Waals surface area contributed by atoms with Crippen LogP contribution in [0.3, 0.4) is 0 Å². The fourth-order valence-electron chi connectivity index (χ4n) is 4.98. The van der Waals surface area contributed by atoms with Gasteiger partial charge in [-0.1, -0.05) is 120 Å². The van der Waals surface area contributed by atoms with E-state index in [1.54, 1.807) is 0 Å². The normalized spacial score (nSPS) is 18.1. The molecule has 0 aliphatic rings. The van der Waals surface area contributed by atoms with Crippen molar-refractivity contribution < 1.29 is 9.79 Å². The first-order valence-electron chi connectivity index (χ1n) is 15.0. The monoisotopic (exact) mass is 552 g/mol. The highest BCUT2D eigenvalue weighted by Crippen LogP contribution is 2.78. The fraction of sp³-hybridized carbons (Fsp3) is 1.00. The molecule has 0 saturated heterocycles. The second-order valence-electron chi connectivity index (χ2n) is 13.3. The van der Waals surface area contributed by atoms with Crippen LogP contribution in [-0.2, 0) is 11.8 Å². The van der Waals surface area contributed by atoms with E-state index >= 15 is 0 Å². The summed E-state index contributed by atoms with van der Waals surface area (Å²) in [5.41, 5.74) is -3.28. The van der Waals surface area contributed by atoms with Gasteiger partial charge in [0.05, 0.1) is 0 Å². The lowest BCUT2D eigenvalue weighted by atomic mass is 9.98. The van der Waals surface area contributed by atoms with Crippen LogP contribution in [0.2, 0.25) is 0 Å². The average molecular weight is 553 g/mol. The molecule has 0 aromatic heterocycles. The number of rotatable bonds is 22. The maximum absolute atomic E-state index is 11.1. The molecule has 0 fully saturated rings. The third-order valence-corrected chi connectivity index (χ3v) is 19.4. The number of hydrogen-bond acceptors (Lipinski definition) is 1. The zero-order chi connectivity index (χ0) is 27.1. The standard InChI is InChI=1S/C30H65O2PS2/c1-25(2)13-10-16-28(7)19-22-35(33(31,32)34,23-20-29(8)17-11-14-26(3)4)24-21-30(9)18-12-15-27(5)6/h25-30H,10-24H2,1-9H3,(H2,31,32,34). The van der Waals surface area contributed by atoms with E-state index in [1.165, 1.54) is 57.8 Å². The summed E-state index contributed by atoms with van der Waals surface area (Å²) in [4.78, 5) is 22.3. The molecular weight excluding hydrogens is 487 g/mol. The summed E-state index contributed by atoms with van der Waals surface area (Å²) in [5, 5.41) is 0. The van der Waals surface area contributed by atoms with Gasteiger partial charge < -0.3 is 9.79 Å². The SMILES string of the molecule is CC(C)CCCC(C)CCS(CCC(C)CCCC(C)C)(CCC(C)CCCC(C)C)P(O)(O)=S. The van der Waals surface area contributed by atoms with Gasteiger partial charge in [-0.15, -0.1) is 0 Å². The molecule has 3 atom stereocenters. The van der Waals surface area contributed by atoms with Crippen molar-refractivity contribution in [1.82, 2.24) is 0 Å². The van der Waals surface area contributed by atoms with Crippen LogP contribution < -0.4 is 0 Å². The maximum Gasteiger partial charge on any atom is 0.224 e. The third-order valence-electron chi connectivity index (χ3n) is 7.91. The molecule has 0 rings (SSSR count). The smallest absolute Gasteiger partial charge is 0.224 e. The van der Waals surface area contributed by atoms with Gasteiger partial charge in [0.25, 0.3) is 0 Å². The minimum atomic E-state index is -3.28. The summed E-state index contributed by atoms with van der Waals surface area (Å²) >= 11 is 5.60. The molecule has 0 aromatic rings. The lowest BCUT2D eigenvalue weighted by Crippen LogP contribution is -2.19. The zero-order valence-electron chi connectivity index (χ0n) is 25.2. The molecule has 35 heavy (non-hydrogen) atoms. The Hall–Kier alpha value is 0.920. The van der Waals surface area contributed by atoms with Crippen LogP contribution in [0.25, 0.3) is 0 Å². The highest BCUT2D eigenvalue weighted by atomic mass is 33.0. The van der Waals surface area contributed by atoms with Gasteiger partial charge in [0.1, 0.15) is 0 Å². The molecule has 0 aliphatic carbocycles. The first kappa shape index (κ1) is 35.9. The summed E-state index contributed by atoms with van der Waals surface area (Å²) < 4.78 is 0. The van der Waals surface area contributed by atoms with E-state index in [2.05, 4.69) is 62.3 Å². The van der Waals surface area contributed by atoms with Gasteiger partial charge in [0.15, 0.2) is 0 Å². The van der Waals surface area contributed by atoms with Gasteiger partial charge in [-0.05, 0) is 83.8 Å². The topological polar surface area (TPSA) is 40.5 Å². The molecule has 2 N–H and O–H groups in total.